The van der Waals surface area contributed by atoms with Crippen LogP contribution in [-0.4, -0.2) is 24.4 Å². The number of aliphatic hydroxyl groups is 1. The molecule has 12 heavy (non-hydrogen) atoms. The first-order chi connectivity index (χ1) is 5.76. The van der Waals surface area contributed by atoms with Gasteiger partial charge in [-0.05, 0) is 6.42 Å². The highest BCUT2D eigenvalue weighted by Crippen LogP contribution is 2.10. The molecule has 0 fully saturated rings. The molecule has 0 bridgehead atoms. The summed E-state index contributed by atoms with van der Waals surface area (Å²) in [5.74, 6) is 0. The van der Waals surface area contributed by atoms with Crippen molar-refractivity contribution in [3.8, 4) is 6.07 Å². The van der Waals surface area contributed by atoms with E-state index in [1.165, 1.54) is 0 Å². The van der Waals surface area contributed by atoms with Crippen molar-refractivity contribution in [2.45, 2.75) is 25.9 Å². The number of nitriles is 1. The van der Waals surface area contributed by atoms with Crippen LogP contribution in [-0.2, 0) is 4.74 Å². The second kappa shape index (κ2) is 6.84. The molecule has 1 unspecified atom stereocenters. The quantitative estimate of drug-likeness (QED) is 0.609. The molecule has 1 atom stereocenters. The Bertz CT molecular complexity index is 172. The lowest BCUT2D eigenvalue weighted by Gasteiger charge is -2.14. The van der Waals surface area contributed by atoms with Gasteiger partial charge in [-0.15, -0.1) is 0 Å². The fourth-order valence-corrected chi connectivity index (χ4v) is 0.887. The maximum absolute atomic E-state index is 8.54. The normalized spacial score (nSPS) is 12.1. The van der Waals surface area contributed by atoms with Gasteiger partial charge in [-0.2, -0.15) is 5.26 Å². The van der Waals surface area contributed by atoms with E-state index < -0.39 is 0 Å². The van der Waals surface area contributed by atoms with Gasteiger partial charge in [-0.25, -0.2) is 0 Å². The predicted octanol–water partition coefficient (Wildman–Crippen LogP) is 1.24. The van der Waals surface area contributed by atoms with Gasteiger partial charge in [-0.3, -0.25) is 0 Å². The second-order valence-corrected chi connectivity index (χ2v) is 2.51. The second-order valence-electron chi connectivity index (χ2n) is 2.51. The minimum absolute atomic E-state index is 0.0150. The van der Waals surface area contributed by atoms with E-state index in [0.29, 0.717) is 5.57 Å². The van der Waals surface area contributed by atoms with E-state index in [-0.39, 0.29) is 19.3 Å². The van der Waals surface area contributed by atoms with Gasteiger partial charge < -0.3 is 9.84 Å². The molecule has 0 aliphatic rings. The van der Waals surface area contributed by atoms with Crippen LogP contribution in [0.1, 0.15) is 19.8 Å². The molecular weight excluding hydrogens is 154 g/mol. The summed E-state index contributed by atoms with van der Waals surface area (Å²) < 4.78 is 5.21. The SMILES string of the molecule is C=C(C#N)C(CCC)OCCO. The van der Waals surface area contributed by atoms with Crippen molar-refractivity contribution in [1.29, 1.82) is 5.26 Å². The lowest BCUT2D eigenvalue weighted by Crippen LogP contribution is -2.16. The third-order valence-corrected chi connectivity index (χ3v) is 1.49. The minimum Gasteiger partial charge on any atom is -0.394 e. The van der Waals surface area contributed by atoms with Crippen LogP contribution in [0, 0.1) is 11.3 Å². The minimum atomic E-state index is -0.216. The first kappa shape index (κ1) is 11.2. The molecule has 0 aromatic rings. The summed E-state index contributed by atoms with van der Waals surface area (Å²) in [6.45, 7) is 5.85. The van der Waals surface area contributed by atoms with Gasteiger partial charge in [-0.1, -0.05) is 19.9 Å². The van der Waals surface area contributed by atoms with Crippen molar-refractivity contribution in [2.75, 3.05) is 13.2 Å². The van der Waals surface area contributed by atoms with Crippen LogP contribution in [0.4, 0.5) is 0 Å². The van der Waals surface area contributed by atoms with Crippen molar-refractivity contribution in [3.05, 3.63) is 12.2 Å². The Hall–Kier alpha value is -0.850. The van der Waals surface area contributed by atoms with E-state index >= 15 is 0 Å². The fourth-order valence-electron chi connectivity index (χ4n) is 0.887. The van der Waals surface area contributed by atoms with Gasteiger partial charge in [0.05, 0.1) is 31.0 Å². The van der Waals surface area contributed by atoms with E-state index in [1.54, 1.807) is 0 Å². The first-order valence-corrected chi connectivity index (χ1v) is 4.07. The van der Waals surface area contributed by atoms with E-state index in [9.17, 15) is 0 Å². The zero-order valence-electron chi connectivity index (χ0n) is 7.42. The van der Waals surface area contributed by atoms with Crippen molar-refractivity contribution < 1.29 is 9.84 Å². The zero-order chi connectivity index (χ0) is 9.40. The standard InChI is InChI=1S/C9H15NO2/c1-3-4-9(8(2)7-10)12-6-5-11/h9,11H,2-6H2,1H3. The Morgan fingerprint density at radius 3 is 2.83 bits per heavy atom. The molecule has 0 aromatic heterocycles. The molecule has 3 nitrogen and oxygen atoms in total. The average Bonchev–Trinajstić information content (AvgIpc) is 2.11. The molecule has 0 spiro atoms. The fraction of sp³-hybridized carbons (Fsp3) is 0.667. The van der Waals surface area contributed by atoms with Crippen molar-refractivity contribution in [2.24, 2.45) is 0 Å². The number of hydrogen-bond acceptors (Lipinski definition) is 3. The van der Waals surface area contributed by atoms with Gasteiger partial charge >= 0.3 is 0 Å². The highest BCUT2D eigenvalue weighted by atomic mass is 16.5. The van der Waals surface area contributed by atoms with Crippen LogP contribution in [0.25, 0.3) is 0 Å². The molecule has 68 valence electrons. The van der Waals surface area contributed by atoms with E-state index in [0.717, 1.165) is 12.8 Å². The summed E-state index contributed by atoms with van der Waals surface area (Å²) >= 11 is 0. The van der Waals surface area contributed by atoms with Crippen LogP contribution in [0.5, 0.6) is 0 Å². The van der Waals surface area contributed by atoms with Crippen molar-refractivity contribution >= 4 is 0 Å². The summed E-state index contributed by atoms with van der Waals surface area (Å²) in [6.07, 6.45) is 1.51. The van der Waals surface area contributed by atoms with Crippen LogP contribution >= 0.6 is 0 Å². The molecule has 0 saturated heterocycles. The molecule has 0 aliphatic heterocycles. The van der Waals surface area contributed by atoms with Gasteiger partial charge in [0.1, 0.15) is 0 Å². The number of hydrogen-bond donors (Lipinski definition) is 1. The van der Waals surface area contributed by atoms with Gasteiger partial charge in [0, 0.05) is 0 Å². The van der Waals surface area contributed by atoms with Crippen LogP contribution in [0.15, 0.2) is 12.2 Å². The third-order valence-electron chi connectivity index (χ3n) is 1.49. The van der Waals surface area contributed by atoms with Crippen molar-refractivity contribution in [1.82, 2.24) is 0 Å². The lowest BCUT2D eigenvalue weighted by molar-refractivity contribution is 0.0462. The maximum atomic E-state index is 8.54. The van der Waals surface area contributed by atoms with Crippen LogP contribution in [0.2, 0.25) is 0 Å². The van der Waals surface area contributed by atoms with Crippen LogP contribution in [0.3, 0.4) is 0 Å². The number of ether oxygens (including phenoxy) is 1. The van der Waals surface area contributed by atoms with Crippen LogP contribution < -0.4 is 0 Å². The Balaban J connectivity index is 3.87. The van der Waals surface area contributed by atoms with E-state index in [1.807, 2.05) is 13.0 Å². The monoisotopic (exact) mass is 169 g/mol. The summed E-state index contributed by atoms with van der Waals surface area (Å²) in [5.41, 5.74) is 0.435. The maximum Gasteiger partial charge on any atom is 0.0968 e. The topological polar surface area (TPSA) is 53.2 Å². The van der Waals surface area contributed by atoms with Crippen molar-refractivity contribution in [3.63, 3.8) is 0 Å². The van der Waals surface area contributed by atoms with Gasteiger partial charge in [0.15, 0.2) is 0 Å². The number of nitrogens with zero attached hydrogens (tertiary/aromatic N) is 1. The Morgan fingerprint density at radius 2 is 2.42 bits per heavy atom. The molecule has 0 amide bonds. The Kier molecular flexibility index (Phi) is 6.35. The zero-order valence-corrected chi connectivity index (χ0v) is 7.42. The average molecular weight is 169 g/mol. The van der Waals surface area contributed by atoms with E-state index in [2.05, 4.69) is 6.58 Å². The number of aliphatic hydroxyl groups excluding tert-OH is 1. The highest BCUT2D eigenvalue weighted by Gasteiger charge is 2.10. The third kappa shape index (κ3) is 4.12. The van der Waals surface area contributed by atoms with E-state index in [4.69, 9.17) is 15.1 Å². The highest BCUT2D eigenvalue weighted by molar-refractivity contribution is 5.20. The predicted molar refractivity (Wildman–Crippen MR) is 46.5 cm³/mol. The summed E-state index contributed by atoms with van der Waals surface area (Å²) in [5, 5.41) is 17.0. The Morgan fingerprint density at radius 1 is 1.75 bits per heavy atom. The van der Waals surface area contributed by atoms with Gasteiger partial charge in [0.2, 0.25) is 0 Å². The largest absolute Gasteiger partial charge is 0.394 e. The summed E-state index contributed by atoms with van der Waals surface area (Å²) in [4.78, 5) is 0. The molecule has 3 heteroatoms. The number of rotatable bonds is 6. The first-order valence-electron chi connectivity index (χ1n) is 4.07. The molecule has 0 heterocycles. The summed E-state index contributed by atoms with van der Waals surface area (Å²) in [7, 11) is 0. The molecule has 0 aliphatic carbocycles. The molecule has 0 rings (SSSR count). The lowest BCUT2D eigenvalue weighted by atomic mass is 10.1. The molecule has 0 radical (unpaired) electrons. The molecule has 0 saturated carbocycles. The van der Waals surface area contributed by atoms with Gasteiger partial charge in [0.25, 0.3) is 0 Å². The summed E-state index contributed by atoms with van der Waals surface area (Å²) in [6, 6.07) is 1.96. The smallest absolute Gasteiger partial charge is 0.0968 e. The molecule has 1 N–H and O–H groups in total. The molecular formula is C9H15NO2. The Labute approximate surface area is 73.3 Å². The molecule has 0 aromatic carbocycles.